The number of hydrogen-bond acceptors (Lipinski definition) is 5. The molecule has 3 N–H and O–H groups in total. The lowest BCUT2D eigenvalue weighted by atomic mass is 9.69. The summed E-state index contributed by atoms with van der Waals surface area (Å²) in [5.74, 6) is 1.24. The molecule has 2 saturated carbocycles. The van der Waals surface area contributed by atoms with Crippen molar-refractivity contribution in [2.24, 2.45) is 17.8 Å². The standard InChI is InChI=1S/C20H36FN3O2/c1-12-5-6-22-11-25-13(2)14-7-15(9-16(21)8-14)20-18-10-17(26-12)3-4-19(18)23-24-20/h12-20,22-24H,3-11H2,1-2H3/t12-,13-,14?,15?,16?,17?,18?,19?,20?/m1/s1. The minimum atomic E-state index is -0.704. The van der Waals surface area contributed by atoms with E-state index < -0.39 is 6.17 Å². The number of ether oxygens (including phenoxy) is 2. The molecule has 0 aromatic heterocycles. The molecule has 5 nitrogen and oxygen atoms in total. The Labute approximate surface area is 157 Å². The Kier molecular flexibility index (Phi) is 6.16. The van der Waals surface area contributed by atoms with Crippen LogP contribution in [0.1, 0.15) is 58.8 Å². The zero-order valence-electron chi connectivity index (χ0n) is 16.3. The van der Waals surface area contributed by atoms with Gasteiger partial charge in [-0.3, -0.25) is 16.2 Å². The van der Waals surface area contributed by atoms with Crippen LogP contribution in [0.5, 0.6) is 0 Å². The van der Waals surface area contributed by atoms with Crippen molar-refractivity contribution in [3.8, 4) is 0 Å². The van der Waals surface area contributed by atoms with Crippen LogP contribution in [-0.4, -0.2) is 49.8 Å². The van der Waals surface area contributed by atoms with Crippen LogP contribution in [0.4, 0.5) is 4.39 Å². The summed E-state index contributed by atoms with van der Waals surface area (Å²) in [4.78, 5) is 0. The van der Waals surface area contributed by atoms with Gasteiger partial charge in [0.1, 0.15) is 6.17 Å². The van der Waals surface area contributed by atoms with Crippen LogP contribution in [0, 0.1) is 17.8 Å². The molecule has 4 bridgehead atoms. The molecule has 2 saturated heterocycles. The first-order valence-corrected chi connectivity index (χ1v) is 10.7. The van der Waals surface area contributed by atoms with Gasteiger partial charge >= 0.3 is 0 Å². The van der Waals surface area contributed by atoms with Gasteiger partial charge in [-0.25, -0.2) is 4.39 Å². The summed E-state index contributed by atoms with van der Waals surface area (Å²) in [5.41, 5.74) is 7.07. The van der Waals surface area contributed by atoms with Crippen LogP contribution in [0.25, 0.3) is 0 Å². The van der Waals surface area contributed by atoms with Crippen LogP contribution in [0.3, 0.4) is 0 Å². The second kappa shape index (κ2) is 8.39. The number of halogens is 1. The highest BCUT2D eigenvalue weighted by Crippen LogP contribution is 2.42. The van der Waals surface area contributed by atoms with Crippen LogP contribution in [-0.2, 0) is 9.47 Å². The lowest BCUT2D eigenvalue weighted by Crippen LogP contribution is -2.45. The summed E-state index contributed by atoms with van der Waals surface area (Å²) in [6.07, 6.45) is 6.78. The van der Waals surface area contributed by atoms with Crippen molar-refractivity contribution in [2.45, 2.75) is 95.4 Å². The predicted molar refractivity (Wildman–Crippen MR) is 99.3 cm³/mol. The lowest BCUT2D eigenvalue weighted by Gasteiger charge is -2.41. The quantitative estimate of drug-likeness (QED) is 0.613. The number of rotatable bonds is 0. The number of hydrazine groups is 1. The zero-order valence-corrected chi connectivity index (χ0v) is 16.3. The summed E-state index contributed by atoms with van der Waals surface area (Å²) in [7, 11) is 0. The monoisotopic (exact) mass is 369 g/mol. The van der Waals surface area contributed by atoms with E-state index in [2.05, 4.69) is 30.0 Å². The number of nitrogens with one attached hydrogen (secondary N) is 3. The summed E-state index contributed by atoms with van der Waals surface area (Å²) in [6.45, 7) is 5.74. The number of hydrogen-bond donors (Lipinski definition) is 3. The number of alkyl halides is 1. The normalized spacial score (nSPS) is 50.7. The molecule has 0 spiro atoms. The van der Waals surface area contributed by atoms with Crippen molar-refractivity contribution in [1.82, 2.24) is 16.2 Å². The summed E-state index contributed by atoms with van der Waals surface area (Å²) >= 11 is 0. The average Bonchev–Trinajstić information content (AvgIpc) is 3.03. The first kappa shape index (κ1) is 19.1. The molecule has 0 aromatic rings. The van der Waals surface area contributed by atoms with Crippen molar-refractivity contribution >= 4 is 0 Å². The van der Waals surface area contributed by atoms with Gasteiger partial charge in [0, 0.05) is 12.1 Å². The maximum atomic E-state index is 14.6. The van der Waals surface area contributed by atoms with E-state index in [-0.39, 0.29) is 12.2 Å². The summed E-state index contributed by atoms with van der Waals surface area (Å²) in [5, 5.41) is 3.37. The summed E-state index contributed by atoms with van der Waals surface area (Å²) in [6, 6.07) is 0.873. The van der Waals surface area contributed by atoms with Gasteiger partial charge in [-0.15, -0.1) is 0 Å². The van der Waals surface area contributed by atoms with Crippen molar-refractivity contribution in [1.29, 1.82) is 0 Å². The van der Waals surface area contributed by atoms with Crippen molar-refractivity contribution < 1.29 is 13.9 Å². The average molecular weight is 370 g/mol. The third-order valence-electron chi connectivity index (χ3n) is 7.24. The molecule has 26 heavy (non-hydrogen) atoms. The van der Waals surface area contributed by atoms with Crippen LogP contribution >= 0.6 is 0 Å². The van der Waals surface area contributed by atoms with E-state index >= 15 is 0 Å². The molecule has 0 aromatic carbocycles. The third-order valence-corrected chi connectivity index (χ3v) is 7.24. The second-order valence-electron chi connectivity index (χ2n) is 9.10. The molecule has 0 amide bonds. The van der Waals surface area contributed by atoms with Gasteiger partial charge in [0.25, 0.3) is 0 Å². The Bertz CT molecular complexity index is 468. The van der Waals surface area contributed by atoms with Gasteiger partial charge in [0.05, 0.1) is 25.0 Å². The molecule has 7 unspecified atom stereocenters. The first-order valence-electron chi connectivity index (χ1n) is 10.7. The fourth-order valence-corrected chi connectivity index (χ4v) is 5.75. The number of fused-ring (bicyclic) bond motifs is 4. The van der Waals surface area contributed by atoms with E-state index in [9.17, 15) is 4.39 Å². The van der Waals surface area contributed by atoms with Gasteiger partial charge in [-0.1, -0.05) is 0 Å². The Balaban J connectivity index is 1.51. The van der Waals surface area contributed by atoms with Gasteiger partial charge < -0.3 is 9.47 Å². The second-order valence-corrected chi connectivity index (χ2v) is 9.10. The maximum absolute atomic E-state index is 14.6. The van der Waals surface area contributed by atoms with Gasteiger partial charge in [-0.05, 0) is 83.1 Å². The summed E-state index contributed by atoms with van der Waals surface area (Å²) < 4.78 is 26.9. The van der Waals surface area contributed by atoms with Crippen LogP contribution in [0.15, 0.2) is 0 Å². The van der Waals surface area contributed by atoms with Crippen molar-refractivity contribution in [2.75, 3.05) is 13.3 Å². The molecule has 2 aliphatic heterocycles. The molecule has 2 aliphatic carbocycles. The van der Waals surface area contributed by atoms with Gasteiger partial charge in [-0.2, -0.15) is 0 Å². The Morgan fingerprint density at radius 1 is 0.923 bits per heavy atom. The molecule has 4 aliphatic rings. The van der Waals surface area contributed by atoms with Crippen molar-refractivity contribution in [3.63, 3.8) is 0 Å². The minimum Gasteiger partial charge on any atom is -0.375 e. The molecule has 6 heteroatoms. The van der Waals surface area contributed by atoms with E-state index in [1.54, 1.807) is 0 Å². The maximum Gasteiger partial charge on any atom is 0.101 e. The van der Waals surface area contributed by atoms with E-state index in [4.69, 9.17) is 9.47 Å². The third kappa shape index (κ3) is 4.25. The molecule has 2 heterocycles. The van der Waals surface area contributed by atoms with Gasteiger partial charge in [0.2, 0.25) is 0 Å². The van der Waals surface area contributed by atoms with Gasteiger partial charge in [0.15, 0.2) is 0 Å². The fraction of sp³-hybridized carbons (Fsp3) is 1.00. The Morgan fingerprint density at radius 2 is 1.77 bits per heavy atom. The smallest absolute Gasteiger partial charge is 0.101 e. The molecule has 4 fully saturated rings. The molecule has 9 atom stereocenters. The Morgan fingerprint density at radius 3 is 2.65 bits per heavy atom. The van der Waals surface area contributed by atoms with E-state index in [1.807, 2.05) is 0 Å². The molecular weight excluding hydrogens is 333 g/mol. The lowest BCUT2D eigenvalue weighted by molar-refractivity contribution is -0.0410. The fourth-order valence-electron chi connectivity index (χ4n) is 5.75. The minimum absolute atomic E-state index is 0.103. The van der Waals surface area contributed by atoms with E-state index in [1.165, 1.54) is 0 Å². The highest BCUT2D eigenvalue weighted by Gasteiger charge is 2.46. The van der Waals surface area contributed by atoms with E-state index in [0.717, 1.165) is 38.6 Å². The molecule has 150 valence electrons. The topological polar surface area (TPSA) is 54.5 Å². The SMILES string of the molecule is C[C@@H]1CCNCO[C@H](C)C2CC(F)CC(C2)C2NNC3CCC(CC32)O1. The highest BCUT2D eigenvalue weighted by atomic mass is 19.1. The van der Waals surface area contributed by atoms with E-state index in [0.29, 0.717) is 55.5 Å². The zero-order chi connectivity index (χ0) is 18.1. The predicted octanol–water partition coefficient (Wildman–Crippen LogP) is 2.52. The first-order chi connectivity index (χ1) is 12.6. The molecule has 0 radical (unpaired) electrons. The largest absolute Gasteiger partial charge is 0.375 e. The highest BCUT2D eigenvalue weighted by molar-refractivity contribution is 5.00. The molecular formula is C20H36FN3O2. The van der Waals surface area contributed by atoms with Crippen molar-refractivity contribution in [3.05, 3.63) is 0 Å². The molecule has 4 rings (SSSR count). The van der Waals surface area contributed by atoms with Crippen LogP contribution < -0.4 is 16.2 Å². The van der Waals surface area contributed by atoms with Crippen LogP contribution in [0.2, 0.25) is 0 Å². The Hall–Kier alpha value is -0.270.